The molecule has 0 atom stereocenters. The second-order valence-corrected chi connectivity index (χ2v) is 1.26. The van der Waals surface area contributed by atoms with Crippen molar-refractivity contribution < 1.29 is 14.8 Å². The molecule has 4 N–H and O–H groups in total. The molecule has 0 spiro atoms. The number of nitrogens with two attached hydrogens (primary N) is 1. The number of rotatable bonds is 2. The number of primary amides is 1. The van der Waals surface area contributed by atoms with Crippen molar-refractivity contribution in [2.24, 2.45) is 5.73 Å². The van der Waals surface area contributed by atoms with Gasteiger partial charge in [-0.15, -0.1) is 0 Å². The van der Waals surface area contributed by atoms with Crippen molar-refractivity contribution in [3.63, 3.8) is 0 Å². The minimum Gasteiger partial charge on any atom is -0.423 e. The van der Waals surface area contributed by atoms with E-state index in [-0.39, 0.29) is 0 Å². The summed E-state index contributed by atoms with van der Waals surface area (Å²) in [6.45, 7) is 2.98. The molecule has 0 unspecified atom stereocenters. The lowest BCUT2D eigenvalue weighted by Crippen LogP contribution is -2.26. The number of hydrogen-bond donors (Lipinski definition) is 3. The summed E-state index contributed by atoms with van der Waals surface area (Å²) in [5.41, 5.74) is 4.18. The van der Waals surface area contributed by atoms with Crippen molar-refractivity contribution in [2.45, 2.75) is 0 Å². The molecule has 0 rings (SSSR count). The lowest BCUT2D eigenvalue weighted by molar-refractivity contribution is -0.114. The van der Waals surface area contributed by atoms with Gasteiger partial charge in [0.25, 0.3) is 0 Å². The van der Waals surface area contributed by atoms with Gasteiger partial charge in [-0.25, -0.2) is 0 Å². The van der Waals surface area contributed by atoms with Gasteiger partial charge >= 0.3 is 7.12 Å². The molecule has 0 radical (unpaired) electrons. The van der Waals surface area contributed by atoms with Gasteiger partial charge in [0.05, 0.1) is 0 Å². The minimum absolute atomic E-state index is 0.398. The highest BCUT2D eigenvalue weighted by Crippen LogP contribution is 1.86. The van der Waals surface area contributed by atoms with Crippen molar-refractivity contribution >= 4 is 13.0 Å². The van der Waals surface area contributed by atoms with Crippen molar-refractivity contribution in [3.05, 3.63) is 12.1 Å². The zero-order chi connectivity index (χ0) is 6.73. The second-order valence-electron chi connectivity index (χ2n) is 1.26. The summed E-state index contributed by atoms with van der Waals surface area (Å²) in [5.74, 6) is -0.903. The average molecular weight is 115 g/mol. The van der Waals surface area contributed by atoms with Gasteiger partial charge in [0, 0.05) is 5.47 Å². The zero-order valence-corrected chi connectivity index (χ0v) is 4.16. The fourth-order valence-electron chi connectivity index (χ4n) is 0.127. The maximum Gasteiger partial charge on any atom is 0.493 e. The molecule has 5 heteroatoms. The van der Waals surface area contributed by atoms with E-state index in [2.05, 4.69) is 12.3 Å². The van der Waals surface area contributed by atoms with E-state index in [4.69, 9.17) is 10.0 Å². The largest absolute Gasteiger partial charge is 0.493 e. The van der Waals surface area contributed by atoms with E-state index in [1.165, 1.54) is 0 Å². The molecular formula is C3H6BNO3. The van der Waals surface area contributed by atoms with Gasteiger partial charge in [-0.3, -0.25) is 4.79 Å². The van der Waals surface area contributed by atoms with Crippen molar-refractivity contribution in [1.82, 2.24) is 0 Å². The first-order valence-corrected chi connectivity index (χ1v) is 1.90. The zero-order valence-electron chi connectivity index (χ0n) is 4.16. The average Bonchev–Trinajstić information content (AvgIpc) is 1.64. The smallest absolute Gasteiger partial charge is 0.423 e. The Morgan fingerprint density at radius 3 is 2.00 bits per heavy atom. The van der Waals surface area contributed by atoms with E-state index in [1.807, 2.05) is 0 Å². The molecule has 0 heterocycles. The van der Waals surface area contributed by atoms with Crippen LogP contribution in [0.4, 0.5) is 0 Å². The van der Waals surface area contributed by atoms with E-state index in [0.717, 1.165) is 0 Å². The van der Waals surface area contributed by atoms with Gasteiger partial charge in [0.1, 0.15) is 0 Å². The predicted octanol–water partition coefficient (Wildman–Crippen LogP) is -1.96. The van der Waals surface area contributed by atoms with Crippen molar-refractivity contribution in [1.29, 1.82) is 0 Å². The molecule has 8 heavy (non-hydrogen) atoms. The molecule has 0 aliphatic heterocycles. The third kappa shape index (κ3) is 1.77. The molecule has 0 fully saturated rings. The Labute approximate surface area is 46.8 Å². The Balaban J connectivity index is 3.84. The minimum atomic E-state index is -1.83. The Kier molecular flexibility index (Phi) is 2.24. The van der Waals surface area contributed by atoms with E-state index >= 15 is 0 Å². The molecular weight excluding hydrogens is 109 g/mol. The van der Waals surface area contributed by atoms with Crippen LogP contribution in [-0.2, 0) is 4.79 Å². The SMILES string of the molecule is C=C(B(O)O)C(N)=O. The van der Waals surface area contributed by atoms with Crippen LogP contribution in [0.3, 0.4) is 0 Å². The van der Waals surface area contributed by atoms with Gasteiger partial charge in [-0.05, 0) is 0 Å². The summed E-state index contributed by atoms with van der Waals surface area (Å²) in [6.07, 6.45) is 0. The predicted molar refractivity (Wildman–Crippen MR) is 28.5 cm³/mol. The lowest BCUT2D eigenvalue weighted by atomic mass is 9.80. The maximum absolute atomic E-state index is 9.94. The van der Waals surface area contributed by atoms with E-state index in [1.54, 1.807) is 0 Å². The topological polar surface area (TPSA) is 83.6 Å². The van der Waals surface area contributed by atoms with Crippen LogP contribution in [-0.4, -0.2) is 23.1 Å². The monoisotopic (exact) mass is 115 g/mol. The maximum atomic E-state index is 9.94. The van der Waals surface area contributed by atoms with Crippen LogP contribution in [0, 0.1) is 0 Å². The molecule has 0 saturated heterocycles. The molecule has 4 nitrogen and oxygen atoms in total. The van der Waals surface area contributed by atoms with Crippen LogP contribution in [0.1, 0.15) is 0 Å². The molecule has 1 amide bonds. The molecule has 0 aliphatic carbocycles. The number of carbonyl (C=O) groups is 1. The normalized spacial score (nSPS) is 8.25. The van der Waals surface area contributed by atoms with Crippen LogP contribution >= 0.6 is 0 Å². The Bertz CT molecular complexity index is 122. The fourth-order valence-corrected chi connectivity index (χ4v) is 0.127. The first-order chi connectivity index (χ1) is 3.55. The van der Waals surface area contributed by atoms with Crippen molar-refractivity contribution in [3.8, 4) is 0 Å². The highest BCUT2D eigenvalue weighted by atomic mass is 16.4. The standard InChI is InChI=1S/C3H6BNO3/c1-2(3(5)6)4(7)8/h7-8H,1H2,(H2,5,6). The Hall–Kier alpha value is -0.805. The Morgan fingerprint density at radius 1 is 1.62 bits per heavy atom. The molecule has 0 saturated carbocycles. The summed E-state index contributed by atoms with van der Waals surface area (Å²) in [5, 5.41) is 16.3. The number of amides is 1. The van der Waals surface area contributed by atoms with Gasteiger partial charge in [-0.2, -0.15) is 0 Å². The number of carbonyl (C=O) groups excluding carboxylic acids is 1. The second kappa shape index (κ2) is 2.49. The first-order valence-electron chi connectivity index (χ1n) is 1.90. The van der Waals surface area contributed by atoms with Crippen LogP contribution in [0.2, 0.25) is 0 Å². The summed E-state index contributed by atoms with van der Waals surface area (Å²) >= 11 is 0. The highest BCUT2D eigenvalue weighted by Gasteiger charge is 2.16. The highest BCUT2D eigenvalue weighted by molar-refractivity contribution is 6.58. The third-order valence-electron chi connectivity index (χ3n) is 0.628. The molecule has 0 aromatic carbocycles. The summed E-state index contributed by atoms with van der Waals surface area (Å²) in [4.78, 5) is 9.94. The summed E-state index contributed by atoms with van der Waals surface area (Å²) < 4.78 is 0. The van der Waals surface area contributed by atoms with E-state index in [9.17, 15) is 4.79 Å². The van der Waals surface area contributed by atoms with Gasteiger partial charge in [-0.1, -0.05) is 6.58 Å². The number of hydrogen-bond acceptors (Lipinski definition) is 3. The van der Waals surface area contributed by atoms with Crippen LogP contribution in [0.25, 0.3) is 0 Å². The van der Waals surface area contributed by atoms with Gasteiger partial charge < -0.3 is 15.8 Å². The Morgan fingerprint density at radius 2 is 2.00 bits per heavy atom. The van der Waals surface area contributed by atoms with E-state index < -0.39 is 18.5 Å². The van der Waals surface area contributed by atoms with E-state index in [0.29, 0.717) is 0 Å². The van der Waals surface area contributed by atoms with Crippen molar-refractivity contribution in [2.75, 3.05) is 0 Å². The van der Waals surface area contributed by atoms with Crippen LogP contribution in [0.5, 0.6) is 0 Å². The summed E-state index contributed by atoms with van der Waals surface area (Å²) in [7, 11) is -1.83. The first kappa shape index (κ1) is 7.19. The molecule has 0 aromatic rings. The van der Waals surface area contributed by atoms with Gasteiger partial charge in [0.15, 0.2) is 0 Å². The van der Waals surface area contributed by atoms with Crippen LogP contribution in [0.15, 0.2) is 12.1 Å². The van der Waals surface area contributed by atoms with Gasteiger partial charge in [0.2, 0.25) is 5.91 Å². The quantitative estimate of drug-likeness (QED) is 0.288. The third-order valence-corrected chi connectivity index (χ3v) is 0.628. The lowest BCUT2D eigenvalue weighted by Gasteiger charge is -1.94. The molecule has 0 aromatic heterocycles. The van der Waals surface area contributed by atoms with Crippen LogP contribution < -0.4 is 5.73 Å². The molecule has 44 valence electrons. The summed E-state index contributed by atoms with van der Waals surface area (Å²) in [6, 6.07) is 0. The molecule has 0 aliphatic rings. The molecule has 0 bridgehead atoms. The fraction of sp³-hybridized carbons (Fsp3) is 0.